The molecule has 1 amide bonds. The van der Waals surface area contributed by atoms with Crippen molar-refractivity contribution in [3.05, 3.63) is 42.1 Å². The molecule has 8 heteroatoms. The van der Waals surface area contributed by atoms with Gasteiger partial charge in [0.05, 0.1) is 12.2 Å². The normalized spacial score (nSPS) is 11.0. The SMILES string of the molecule is Cc1nnnn1CCC(=O)NCCc1cn2ccccc2n1. The van der Waals surface area contributed by atoms with Gasteiger partial charge in [0.25, 0.3) is 0 Å². The van der Waals surface area contributed by atoms with Gasteiger partial charge in [-0.15, -0.1) is 5.10 Å². The number of nitrogens with zero attached hydrogens (tertiary/aromatic N) is 6. The van der Waals surface area contributed by atoms with Gasteiger partial charge in [0.1, 0.15) is 11.5 Å². The van der Waals surface area contributed by atoms with Crippen molar-refractivity contribution >= 4 is 11.6 Å². The second-order valence-corrected chi connectivity index (χ2v) is 5.00. The van der Waals surface area contributed by atoms with Gasteiger partial charge in [0.2, 0.25) is 5.91 Å². The van der Waals surface area contributed by atoms with E-state index < -0.39 is 0 Å². The molecular weight excluding hydrogens is 282 g/mol. The third kappa shape index (κ3) is 3.27. The van der Waals surface area contributed by atoms with Crippen molar-refractivity contribution in [2.75, 3.05) is 6.54 Å². The van der Waals surface area contributed by atoms with Crippen LogP contribution in [-0.4, -0.2) is 42.0 Å². The third-order valence-corrected chi connectivity index (χ3v) is 3.38. The zero-order valence-corrected chi connectivity index (χ0v) is 12.3. The molecule has 3 aromatic heterocycles. The largest absolute Gasteiger partial charge is 0.356 e. The van der Waals surface area contributed by atoms with Crippen LogP contribution in [0, 0.1) is 6.92 Å². The lowest BCUT2D eigenvalue weighted by Gasteiger charge is -2.04. The fraction of sp³-hybridized carbons (Fsp3) is 0.357. The summed E-state index contributed by atoms with van der Waals surface area (Å²) in [5.41, 5.74) is 1.88. The fourth-order valence-corrected chi connectivity index (χ4v) is 2.19. The first-order chi connectivity index (χ1) is 10.7. The van der Waals surface area contributed by atoms with Crippen LogP contribution in [0.3, 0.4) is 0 Å². The molecule has 0 aliphatic carbocycles. The van der Waals surface area contributed by atoms with E-state index in [0.29, 0.717) is 31.8 Å². The molecule has 0 saturated carbocycles. The second kappa shape index (κ2) is 6.33. The fourth-order valence-electron chi connectivity index (χ4n) is 2.19. The first-order valence-corrected chi connectivity index (χ1v) is 7.14. The predicted octanol–water partition coefficient (Wildman–Crippen LogP) is 0.378. The van der Waals surface area contributed by atoms with Crippen molar-refractivity contribution in [3.63, 3.8) is 0 Å². The molecule has 0 bridgehead atoms. The molecular formula is C14H17N7O. The summed E-state index contributed by atoms with van der Waals surface area (Å²) in [5, 5.41) is 14.0. The minimum absolute atomic E-state index is 0.0151. The van der Waals surface area contributed by atoms with Crippen molar-refractivity contribution in [3.8, 4) is 0 Å². The van der Waals surface area contributed by atoms with Crippen LogP contribution in [0.4, 0.5) is 0 Å². The molecule has 3 heterocycles. The predicted molar refractivity (Wildman–Crippen MR) is 79.1 cm³/mol. The number of rotatable bonds is 6. The lowest BCUT2D eigenvalue weighted by atomic mass is 10.3. The molecule has 0 spiro atoms. The summed E-state index contributed by atoms with van der Waals surface area (Å²) in [7, 11) is 0. The molecule has 0 aromatic carbocycles. The van der Waals surface area contributed by atoms with E-state index in [-0.39, 0.29) is 5.91 Å². The van der Waals surface area contributed by atoms with Gasteiger partial charge in [-0.1, -0.05) is 6.07 Å². The Morgan fingerprint density at radius 2 is 2.27 bits per heavy atom. The molecule has 0 atom stereocenters. The molecule has 0 aliphatic heterocycles. The van der Waals surface area contributed by atoms with Gasteiger partial charge >= 0.3 is 0 Å². The minimum Gasteiger partial charge on any atom is -0.356 e. The average Bonchev–Trinajstić information content (AvgIpc) is 3.10. The highest BCUT2D eigenvalue weighted by molar-refractivity contribution is 5.75. The topological polar surface area (TPSA) is 90.0 Å². The Morgan fingerprint density at radius 3 is 3.05 bits per heavy atom. The maximum atomic E-state index is 11.8. The number of tetrazole rings is 1. The Bertz CT molecular complexity index is 743. The van der Waals surface area contributed by atoms with Gasteiger partial charge in [0.15, 0.2) is 0 Å². The third-order valence-electron chi connectivity index (χ3n) is 3.38. The summed E-state index contributed by atoms with van der Waals surface area (Å²) < 4.78 is 3.58. The number of pyridine rings is 1. The molecule has 0 saturated heterocycles. The number of carbonyl (C=O) groups is 1. The quantitative estimate of drug-likeness (QED) is 0.710. The van der Waals surface area contributed by atoms with E-state index in [2.05, 4.69) is 25.8 Å². The van der Waals surface area contributed by atoms with E-state index in [1.165, 1.54) is 0 Å². The van der Waals surface area contributed by atoms with Crippen molar-refractivity contribution < 1.29 is 4.79 Å². The summed E-state index contributed by atoms with van der Waals surface area (Å²) >= 11 is 0. The van der Waals surface area contributed by atoms with Crippen LogP contribution < -0.4 is 5.32 Å². The van der Waals surface area contributed by atoms with Crippen molar-refractivity contribution in [1.82, 2.24) is 34.9 Å². The number of aryl methyl sites for hydroxylation is 2. The number of amides is 1. The van der Waals surface area contributed by atoms with Gasteiger partial charge in [-0.3, -0.25) is 4.79 Å². The summed E-state index contributed by atoms with van der Waals surface area (Å²) in [4.78, 5) is 16.3. The van der Waals surface area contributed by atoms with Gasteiger partial charge in [-0.2, -0.15) is 0 Å². The summed E-state index contributed by atoms with van der Waals surface area (Å²) in [6.45, 7) is 2.86. The van der Waals surface area contributed by atoms with E-state index in [1.54, 1.807) is 11.6 Å². The van der Waals surface area contributed by atoms with E-state index in [9.17, 15) is 4.79 Å². The molecule has 3 aromatic rings. The smallest absolute Gasteiger partial charge is 0.221 e. The van der Waals surface area contributed by atoms with E-state index in [4.69, 9.17) is 0 Å². The molecule has 0 fully saturated rings. The van der Waals surface area contributed by atoms with Crippen LogP contribution in [0.15, 0.2) is 30.6 Å². The van der Waals surface area contributed by atoms with E-state index in [0.717, 1.165) is 11.3 Å². The maximum Gasteiger partial charge on any atom is 0.221 e. The lowest BCUT2D eigenvalue weighted by Crippen LogP contribution is -2.27. The molecule has 22 heavy (non-hydrogen) atoms. The van der Waals surface area contributed by atoms with E-state index >= 15 is 0 Å². The number of nitrogens with one attached hydrogen (secondary N) is 1. The van der Waals surface area contributed by atoms with Crippen molar-refractivity contribution in [2.45, 2.75) is 26.3 Å². The Balaban J connectivity index is 1.44. The van der Waals surface area contributed by atoms with Crippen molar-refractivity contribution in [2.24, 2.45) is 0 Å². The van der Waals surface area contributed by atoms with Crippen LogP contribution in [0.25, 0.3) is 5.65 Å². The molecule has 0 radical (unpaired) electrons. The first kappa shape index (κ1) is 14.2. The average molecular weight is 299 g/mol. The first-order valence-electron chi connectivity index (χ1n) is 7.14. The van der Waals surface area contributed by atoms with Crippen LogP contribution in [0.2, 0.25) is 0 Å². The number of hydrogen-bond donors (Lipinski definition) is 1. The summed E-state index contributed by atoms with van der Waals surface area (Å²) in [6.07, 6.45) is 5.00. The van der Waals surface area contributed by atoms with E-state index in [1.807, 2.05) is 35.0 Å². The summed E-state index contributed by atoms with van der Waals surface area (Å²) in [5.74, 6) is 0.691. The lowest BCUT2D eigenvalue weighted by molar-refractivity contribution is -0.121. The molecule has 1 N–H and O–H groups in total. The Kier molecular flexibility index (Phi) is 4.08. The molecule has 114 valence electrons. The number of carbonyl (C=O) groups excluding carboxylic acids is 1. The molecule has 0 aliphatic rings. The Morgan fingerprint density at radius 1 is 1.36 bits per heavy atom. The number of hydrogen-bond acceptors (Lipinski definition) is 5. The number of fused-ring (bicyclic) bond motifs is 1. The van der Waals surface area contributed by atoms with Crippen LogP contribution >= 0.6 is 0 Å². The maximum absolute atomic E-state index is 11.8. The van der Waals surface area contributed by atoms with Crippen molar-refractivity contribution in [1.29, 1.82) is 0 Å². The van der Waals surface area contributed by atoms with Gasteiger partial charge < -0.3 is 9.72 Å². The van der Waals surface area contributed by atoms with Crippen LogP contribution in [-0.2, 0) is 17.8 Å². The number of imidazole rings is 1. The monoisotopic (exact) mass is 299 g/mol. The Labute approximate surface area is 127 Å². The molecule has 3 rings (SSSR count). The van der Waals surface area contributed by atoms with Crippen LogP contribution in [0.5, 0.6) is 0 Å². The standard InChI is InChI=1S/C14H17N7O/c1-11-17-18-19-21(11)9-6-14(22)15-7-5-12-10-20-8-3-2-4-13(20)16-12/h2-4,8,10H,5-7,9H2,1H3,(H,15,22). The molecule has 0 unspecified atom stereocenters. The van der Waals surface area contributed by atoms with Gasteiger partial charge in [0, 0.05) is 31.8 Å². The highest BCUT2D eigenvalue weighted by atomic mass is 16.1. The van der Waals surface area contributed by atoms with Gasteiger partial charge in [-0.25, -0.2) is 9.67 Å². The summed E-state index contributed by atoms with van der Waals surface area (Å²) in [6, 6.07) is 5.87. The van der Waals surface area contributed by atoms with Gasteiger partial charge in [-0.05, 0) is 29.5 Å². The minimum atomic E-state index is -0.0151. The highest BCUT2D eigenvalue weighted by Crippen LogP contribution is 2.04. The number of aromatic nitrogens is 6. The van der Waals surface area contributed by atoms with Crippen LogP contribution in [0.1, 0.15) is 17.9 Å². The zero-order chi connectivity index (χ0) is 15.4. The second-order valence-electron chi connectivity index (χ2n) is 5.00. The Hall–Kier alpha value is -2.77. The zero-order valence-electron chi connectivity index (χ0n) is 12.3. The molecule has 8 nitrogen and oxygen atoms in total. The highest BCUT2D eigenvalue weighted by Gasteiger charge is 2.06.